The van der Waals surface area contributed by atoms with Gasteiger partial charge in [0.15, 0.2) is 6.23 Å². The molecular formula is C13H23NO3. The summed E-state index contributed by atoms with van der Waals surface area (Å²) in [6.07, 6.45) is 0.0595. The van der Waals surface area contributed by atoms with Crippen molar-refractivity contribution in [1.82, 2.24) is 5.06 Å². The third-order valence-electron chi connectivity index (χ3n) is 4.51. The zero-order valence-corrected chi connectivity index (χ0v) is 11.6. The van der Waals surface area contributed by atoms with E-state index in [-0.39, 0.29) is 29.1 Å². The molecule has 98 valence electrons. The van der Waals surface area contributed by atoms with Crippen LogP contribution in [0.2, 0.25) is 0 Å². The van der Waals surface area contributed by atoms with Gasteiger partial charge in [-0.1, -0.05) is 27.7 Å². The molecule has 0 aliphatic carbocycles. The van der Waals surface area contributed by atoms with Gasteiger partial charge in [0.1, 0.15) is 0 Å². The maximum atomic E-state index is 12.2. The Hall–Kier alpha value is -0.610. The number of rotatable bonds is 3. The lowest BCUT2D eigenvalue weighted by Gasteiger charge is -2.40. The number of hydrogen-bond donors (Lipinski definition) is 0. The second kappa shape index (κ2) is 3.69. The lowest BCUT2D eigenvalue weighted by Crippen LogP contribution is -2.51. The van der Waals surface area contributed by atoms with E-state index in [0.29, 0.717) is 12.5 Å². The Morgan fingerprint density at radius 3 is 2.47 bits per heavy atom. The van der Waals surface area contributed by atoms with E-state index in [1.165, 1.54) is 0 Å². The first kappa shape index (κ1) is 12.8. The Kier molecular flexibility index (Phi) is 2.79. The normalized spacial score (nSPS) is 42.4. The summed E-state index contributed by atoms with van der Waals surface area (Å²) in [5.41, 5.74) is -0.453. The molecule has 1 unspecified atom stereocenters. The van der Waals surface area contributed by atoms with Gasteiger partial charge in [-0.05, 0) is 19.8 Å². The summed E-state index contributed by atoms with van der Waals surface area (Å²) in [5, 5.41) is 1.99. The van der Waals surface area contributed by atoms with Crippen molar-refractivity contribution in [3.05, 3.63) is 0 Å². The van der Waals surface area contributed by atoms with Crippen molar-refractivity contribution in [3.8, 4) is 0 Å². The molecule has 2 aliphatic rings. The van der Waals surface area contributed by atoms with Gasteiger partial charge in [0.25, 0.3) is 0 Å². The number of carbonyl (C=O) groups is 1. The molecular weight excluding hydrogens is 218 g/mol. The molecule has 2 aliphatic heterocycles. The Balaban J connectivity index is 2.35. The third-order valence-corrected chi connectivity index (χ3v) is 4.51. The van der Waals surface area contributed by atoms with Crippen LogP contribution in [0.1, 0.15) is 41.5 Å². The highest BCUT2D eigenvalue weighted by molar-refractivity contribution is 5.76. The predicted molar refractivity (Wildman–Crippen MR) is 63.9 cm³/mol. The number of fused-ring (bicyclic) bond motifs is 1. The number of nitrogens with zero attached hydrogens (tertiary/aromatic N) is 1. The zero-order chi connectivity index (χ0) is 13.0. The van der Waals surface area contributed by atoms with Crippen LogP contribution in [0.3, 0.4) is 0 Å². The number of hydrogen-bond acceptors (Lipinski definition) is 4. The predicted octanol–water partition coefficient (Wildman–Crippen LogP) is 2.19. The summed E-state index contributed by atoms with van der Waals surface area (Å²) in [6, 6.07) is 0. The van der Waals surface area contributed by atoms with Crippen LogP contribution in [0, 0.1) is 17.3 Å². The molecule has 17 heavy (non-hydrogen) atoms. The van der Waals surface area contributed by atoms with Crippen LogP contribution in [-0.2, 0) is 14.4 Å². The summed E-state index contributed by atoms with van der Waals surface area (Å²) < 4.78 is 5.25. The van der Waals surface area contributed by atoms with Crippen molar-refractivity contribution in [2.45, 2.75) is 53.3 Å². The summed E-state index contributed by atoms with van der Waals surface area (Å²) in [4.78, 5) is 17.9. The first-order valence-electron chi connectivity index (χ1n) is 6.40. The first-order valence-corrected chi connectivity index (χ1v) is 6.40. The minimum Gasteiger partial charge on any atom is -0.466 e. The first-order chi connectivity index (χ1) is 7.77. The molecule has 2 rings (SSSR count). The fraction of sp³-hybridized carbons (Fsp3) is 0.923. The summed E-state index contributed by atoms with van der Waals surface area (Å²) >= 11 is 0. The van der Waals surface area contributed by atoms with Crippen LogP contribution >= 0.6 is 0 Å². The van der Waals surface area contributed by atoms with Gasteiger partial charge in [0, 0.05) is 5.41 Å². The van der Waals surface area contributed by atoms with Crippen molar-refractivity contribution in [2.24, 2.45) is 17.3 Å². The van der Waals surface area contributed by atoms with Crippen molar-refractivity contribution in [1.29, 1.82) is 0 Å². The number of ether oxygens (including phenoxy) is 1. The highest BCUT2D eigenvalue weighted by Crippen LogP contribution is 2.61. The standard InChI is InChI=1S/C13H23NO3/c1-7-16-10(15)9-12(4,5)11-14(17-11)13(9,6)8(2)3/h8-9,11H,7H2,1-6H3/t9-,11-,13-,14?/m0/s1. The van der Waals surface area contributed by atoms with Crippen LogP contribution in [0.25, 0.3) is 0 Å². The Morgan fingerprint density at radius 1 is 1.41 bits per heavy atom. The topological polar surface area (TPSA) is 41.8 Å². The molecule has 2 fully saturated rings. The monoisotopic (exact) mass is 241 g/mol. The smallest absolute Gasteiger partial charge is 0.311 e. The minimum atomic E-state index is -0.263. The molecule has 0 radical (unpaired) electrons. The van der Waals surface area contributed by atoms with Gasteiger partial charge in [-0.3, -0.25) is 9.63 Å². The maximum Gasteiger partial charge on any atom is 0.311 e. The molecule has 0 amide bonds. The van der Waals surface area contributed by atoms with E-state index in [1.807, 2.05) is 12.0 Å². The maximum absolute atomic E-state index is 12.2. The molecule has 2 saturated heterocycles. The van der Waals surface area contributed by atoms with Gasteiger partial charge in [0.05, 0.1) is 18.1 Å². The molecule has 0 aromatic carbocycles. The van der Waals surface area contributed by atoms with Gasteiger partial charge in [0.2, 0.25) is 0 Å². The Morgan fingerprint density at radius 2 is 2.00 bits per heavy atom. The van der Waals surface area contributed by atoms with E-state index in [2.05, 4.69) is 34.6 Å². The second-order valence-corrected chi connectivity index (χ2v) is 6.17. The van der Waals surface area contributed by atoms with E-state index in [0.717, 1.165) is 0 Å². The Bertz CT molecular complexity index is 340. The number of hydroxylamine groups is 2. The van der Waals surface area contributed by atoms with Crippen LogP contribution in [0.5, 0.6) is 0 Å². The molecule has 0 bridgehead atoms. The van der Waals surface area contributed by atoms with E-state index < -0.39 is 0 Å². The van der Waals surface area contributed by atoms with Crippen LogP contribution in [0.4, 0.5) is 0 Å². The van der Waals surface area contributed by atoms with Gasteiger partial charge in [-0.2, -0.15) is 0 Å². The van der Waals surface area contributed by atoms with Gasteiger partial charge in [-0.15, -0.1) is 5.06 Å². The Labute approximate surface area is 103 Å². The zero-order valence-electron chi connectivity index (χ0n) is 11.6. The average Bonchev–Trinajstić information content (AvgIpc) is 2.93. The summed E-state index contributed by atoms with van der Waals surface area (Å²) in [5.74, 6) is 0.113. The average molecular weight is 241 g/mol. The molecule has 0 saturated carbocycles. The van der Waals surface area contributed by atoms with Crippen LogP contribution in [0.15, 0.2) is 0 Å². The van der Waals surface area contributed by atoms with Crippen molar-refractivity contribution in [2.75, 3.05) is 6.61 Å². The van der Waals surface area contributed by atoms with Crippen LogP contribution < -0.4 is 0 Å². The number of esters is 1. The molecule has 4 heteroatoms. The molecule has 0 aromatic heterocycles. The molecule has 0 spiro atoms. The van der Waals surface area contributed by atoms with E-state index in [9.17, 15) is 4.79 Å². The summed E-state index contributed by atoms with van der Waals surface area (Å²) in [6.45, 7) is 12.8. The van der Waals surface area contributed by atoms with E-state index in [1.54, 1.807) is 0 Å². The van der Waals surface area contributed by atoms with Gasteiger partial charge < -0.3 is 4.74 Å². The molecule has 0 N–H and O–H groups in total. The quantitative estimate of drug-likeness (QED) is 0.561. The third kappa shape index (κ3) is 1.54. The lowest BCUT2D eigenvalue weighted by atomic mass is 9.68. The molecule has 4 nitrogen and oxygen atoms in total. The summed E-state index contributed by atoms with van der Waals surface area (Å²) in [7, 11) is 0. The molecule has 4 atom stereocenters. The largest absolute Gasteiger partial charge is 0.466 e. The SMILES string of the molecule is CCOC(=O)[C@H]1C(C)(C)[C@@H]2ON2[C@@]1(C)C(C)C. The van der Waals surface area contributed by atoms with Crippen molar-refractivity contribution >= 4 is 5.97 Å². The molecule has 0 aromatic rings. The molecule has 2 heterocycles. The van der Waals surface area contributed by atoms with E-state index >= 15 is 0 Å². The second-order valence-electron chi connectivity index (χ2n) is 6.17. The van der Waals surface area contributed by atoms with Crippen molar-refractivity contribution < 1.29 is 14.4 Å². The fourth-order valence-electron chi connectivity index (χ4n) is 3.26. The minimum absolute atomic E-state index is 0.0595. The highest BCUT2D eigenvalue weighted by atomic mass is 16.8. The van der Waals surface area contributed by atoms with Gasteiger partial charge >= 0.3 is 5.97 Å². The lowest BCUT2D eigenvalue weighted by molar-refractivity contribution is -0.162. The van der Waals surface area contributed by atoms with Gasteiger partial charge in [-0.25, -0.2) is 0 Å². The van der Waals surface area contributed by atoms with Crippen molar-refractivity contribution in [3.63, 3.8) is 0 Å². The number of carbonyl (C=O) groups excluding carboxylic acids is 1. The highest BCUT2D eigenvalue weighted by Gasteiger charge is 2.74. The van der Waals surface area contributed by atoms with E-state index in [4.69, 9.17) is 9.57 Å². The fourth-order valence-corrected chi connectivity index (χ4v) is 3.26. The van der Waals surface area contributed by atoms with Crippen LogP contribution in [-0.4, -0.2) is 29.4 Å².